The monoisotopic (exact) mass is 365 g/mol. The highest BCUT2D eigenvalue weighted by Gasteiger charge is 2.15. The molecule has 7 nitrogen and oxygen atoms in total. The first-order chi connectivity index (χ1) is 13.1. The molecule has 0 aliphatic heterocycles. The Hall–Kier alpha value is -3.55. The number of aryl methyl sites for hydroxylation is 1. The van der Waals surface area contributed by atoms with Gasteiger partial charge in [0.25, 0.3) is 5.88 Å². The van der Waals surface area contributed by atoms with Gasteiger partial charge in [-0.3, -0.25) is 0 Å². The minimum atomic E-state index is -0.282. The summed E-state index contributed by atoms with van der Waals surface area (Å²) in [5, 5.41) is 8.32. The van der Waals surface area contributed by atoms with E-state index in [2.05, 4.69) is 20.3 Å². The van der Waals surface area contributed by atoms with E-state index in [1.165, 1.54) is 12.1 Å². The zero-order valence-corrected chi connectivity index (χ0v) is 14.8. The highest BCUT2D eigenvalue weighted by Crippen LogP contribution is 2.27. The summed E-state index contributed by atoms with van der Waals surface area (Å²) in [6.07, 6.45) is 0. The Morgan fingerprint density at radius 2 is 1.67 bits per heavy atom. The summed E-state index contributed by atoms with van der Waals surface area (Å²) in [7, 11) is 1.60. The van der Waals surface area contributed by atoms with Gasteiger partial charge in [-0.25, -0.2) is 14.1 Å². The summed E-state index contributed by atoms with van der Waals surface area (Å²) in [5.74, 6) is 1.91. The molecule has 0 spiro atoms. The molecule has 0 unspecified atom stereocenters. The number of nitrogens with zero attached hydrogens (tertiary/aromatic N) is 5. The van der Waals surface area contributed by atoms with Crippen molar-refractivity contribution in [2.24, 2.45) is 0 Å². The van der Waals surface area contributed by atoms with E-state index in [1.807, 2.05) is 0 Å². The molecule has 0 saturated heterocycles. The third-order valence-corrected chi connectivity index (χ3v) is 3.96. The summed E-state index contributed by atoms with van der Waals surface area (Å²) in [6.45, 7) is 2.19. The molecule has 0 N–H and O–H groups in total. The summed E-state index contributed by atoms with van der Waals surface area (Å²) < 4.78 is 25.8. The van der Waals surface area contributed by atoms with Gasteiger partial charge in [0.05, 0.1) is 13.7 Å². The number of benzene rings is 2. The highest BCUT2D eigenvalue weighted by atomic mass is 19.1. The molecule has 2 aromatic carbocycles. The number of halogens is 1. The molecule has 0 atom stereocenters. The smallest absolute Gasteiger partial charge is 0.253 e. The lowest BCUT2D eigenvalue weighted by molar-refractivity contribution is 0.412. The Labute approximate surface area is 154 Å². The van der Waals surface area contributed by atoms with Gasteiger partial charge < -0.3 is 9.47 Å². The predicted octanol–water partition coefficient (Wildman–Crippen LogP) is 3.52. The Bertz CT molecular complexity index is 1080. The minimum Gasteiger partial charge on any atom is -0.497 e. The number of hydrogen-bond donors (Lipinski definition) is 0. The molecular weight excluding hydrogens is 349 g/mol. The van der Waals surface area contributed by atoms with Crippen molar-refractivity contribution < 1.29 is 13.9 Å². The van der Waals surface area contributed by atoms with Crippen molar-refractivity contribution in [3.8, 4) is 17.4 Å². The van der Waals surface area contributed by atoms with Crippen LogP contribution < -0.4 is 9.47 Å². The fourth-order valence-corrected chi connectivity index (χ4v) is 2.63. The van der Waals surface area contributed by atoms with E-state index in [9.17, 15) is 4.39 Å². The zero-order valence-electron chi connectivity index (χ0n) is 14.8. The van der Waals surface area contributed by atoms with Gasteiger partial charge in [0.2, 0.25) is 0 Å². The molecule has 0 radical (unpaired) electrons. The van der Waals surface area contributed by atoms with Gasteiger partial charge in [-0.15, -0.1) is 5.10 Å². The lowest BCUT2D eigenvalue weighted by Crippen LogP contribution is -2.04. The maximum atomic E-state index is 13.1. The molecule has 2 heterocycles. The second-order valence-corrected chi connectivity index (χ2v) is 5.90. The van der Waals surface area contributed by atoms with E-state index < -0.39 is 0 Å². The van der Waals surface area contributed by atoms with Crippen LogP contribution in [0.5, 0.6) is 17.4 Å². The fraction of sp³-hybridized carbons (Fsp3) is 0.158. The van der Waals surface area contributed by atoms with Crippen LogP contribution in [0.1, 0.15) is 11.4 Å². The minimum absolute atomic E-state index is 0.282. The molecule has 0 bridgehead atoms. The number of fused-ring (bicyclic) bond motifs is 1. The van der Waals surface area contributed by atoms with Crippen molar-refractivity contribution in [3.63, 3.8) is 0 Å². The zero-order chi connectivity index (χ0) is 18.8. The second kappa shape index (κ2) is 6.99. The first kappa shape index (κ1) is 16.9. The Morgan fingerprint density at radius 3 is 2.37 bits per heavy atom. The number of rotatable bonds is 5. The molecule has 0 aliphatic carbocycles. The van der Waals surface area contributed by atoms with Crippen LogP contribution in [0.3, 0.4) is 0 Å². The van der Waals surface area contributed by atoms with Crippen molar-refractivity contribution in [1.29, 1.82) is 0 Å². The summed E-state index contributed by atoms with van der Waals surface area (Å²) in [4.78, 5) is 8.77. The van der Waals surface area contributed by atoms with E-state index in [1.54, 1.807) is 55.1 Å². The van der Waals surface area contributed by atoms with Gasteiger partial charge in [0, 0.05) is 0 Å². The molecule has 8 heteroatoms. The van der Waals surface area contributed by atoms with Crippen molar-refractivity contribution in [1.82, 2.24) is 25.0 Å². The summed E-state index contributed by atoms with van der Waals surface area (Å²) >= 11 is 0. The topological polar surface area (TPSA) is 75.0 Å². The van der Waals surface area contributed by atoms with E-state index in [0.717, 1.165) is 11.3 Å². The SMILES string of the molecule is COc1ccc(Oc2nc(C)nc3c2nnn3Cc2ccc(F)cc2)cc1. The Morgan fingerprint density at radius 1 is 0.963 bits per heavy atom. The van der Waals surface area contributed by atoms with Crippen LogP contribution in [0.2, 0.25) is 0 Å². The van der Waals surface area contributed by atoms with Crippen LogP contribution in [-0.4, -0.2) is 32.1 Å². The molecule has 0 saturated carbocycles. The van der Waals surface area contributed by atoms with E-state index in [-0.39, 0.29) is 5.82 Å². The Balaban J connectivity index is 1.67. The third-order valence-electron chi connectivity index (χ3n) is 3.96. The van der Waals surface area contributed by atoms with Crippen molar-refractivity contribution in [3.05, 3.63) is 65.7 Å². The lowest BCUT2D eigenvalue weighted by atomic mass is 10.2. The highest BCUT2D eigenvalue weighted by molar-refractivity contribution is 5.75. The average molecular weight is 365 g/mol. The summed E-state index contributed by atoms with van der Waals surface area (Å²) in [6, 6.07) is 13.4. The van der Waals surface area contributed by atoms with Crippen molar-refractivity contribution in [2.75, 3.05) is 7.11 Å². The molecule has 27 heavy (non-hydrogen) atoms. The van der Waals surface area contributed by atoms with Gasteiger partial charge in [-0.1, -0.05) is 17.3 Å². The molecule has 4 aromatic rings. The largest absolute Gasteiger partial charge is 0.497 e. The van der Waals surface area contributed by atoms with E-state index in [4.69, 9.17) is 9.47 Å². The number of hydrogen-bond acceptors (Lipinski definition) is 6. The number of methoxy groups -OCH3 is 1. The lowest BCUT2D eigenvalue weighted by Gasteiger charge is -2.07. The van der Waals surface area contributed by atoms with E-state index in [0.29, 0.717) is 35.2 Å². The van der Waals surface area contributed by atoms with Crippen LogP contribution in [-0.2, 0) is 6.54 Å². The van der Waals surface area contributed by atoms with Crippen LogP contribution in [0.4, 0.5) is 4.39 Å². The average Bonchev–Trinajstić information content (AvgIpc) is 3.07. The van der Waals surface area contributed by atoms with Gasteiger partial charge in [-0.2, -0.15) is 4.98 Å². The number of aromatic nitrogens is 5. The van der Waals surface area contributed by atoms with Gasteiger partial charge in [-0.05, 0) is 48.9 Å². The van der Waals surface area contributed by atoms with Gasteiger partial charge in [0.15, 0.2) is 11.2 Å². The Kier molecular flexibility index (Phi) is 4.37. The fourth-order valence-electron chi connectivity index (χ4n) is 2.63. The summed E-state index contributed by atoms with van der Waals surface area (Å²) in [5.41, 5.74) is 1.89. The normalized spacial score (nSPS) is 10.9. The van der Waals surface area contributed by atoms with Crippen LogP contribution in [0, 0.1) is 12.7 Å². The van der Waals surface area contributed by atoms with E-state index >= 15 is 0 Å². The standard InChI is InChI=1S/C19H16FN5O2/c1-12-21-18-17(19(22-12)27-16-9-7-15(26-2)8-10-16)23-24-25(18)11-13-3-5-14(20)6-4-13/h3-10H,11H2,1-2H3. The first-order valence-electron chi connectivity index (χ1n) is 8.26. The molecular formula is C19H16FN5O2. The second-order valence-electron chi connectivity index (χ2n) is 5.90. The van der Waals surface area contributed by atoms with Crippen LogP contribution in [0.15, 0.2) is 48.5 Å². The number of ether oxygens (including phenoxy) is 2. The van der Waals surface area contributed by atoms with Gasteiger partial charge >= 0.3 is 0 Å². The molecule has 0 amide bonds. The quantitative estimate of drug-likeness (QED) is 0.539. The molecule has 0 fully saturated rings. The van der Waals surface area contributed by atoms with Crippen LogP contribution in [0.25, 0.3) is 11.2 Å². The molecule has 136 valence electrons. The first-order valence-corrected chi connectivity index (χ1v) is 8.26. The molecule has 2 aromatic heterocycles. The molecule has 0 aliphatic rings. The van der Waals surface area contributed by atoms with Crippen LogP contribution >= 0.6 is 0 Å². The maximum Gasteiger partial charge on any atom is 0.253 e. The molecule has 4 rings (SSSR count). The maximum absolute atomic E-state index is 13.1. The van der Waals surface area contributed by atoms with Crippen molar-refractivity contribution >= 4 is 11.2 Å². The van der Waals surface area contributed by atoms with Crippen molar-refractivity contribution in [2.45, 2.75) is 13.5 Å². The predicted molar refractivity (Wildman–Crippen MR) is 96.4 cm³/mol. The third kappa shape index (κ3) is 3.55. The van der Waals surface area contributed by atoms with Gasteiger partial charge in [0.1, 0.15) is 23.1 Å².